The summed E-state index contributed by atoms with van der Waals surface area (Å²) in [6, 6.07) is -11.8. The zero-order valence-electron chi connectivity index (χ0n) is 34.4. The molecule has 30 nitrogen and oxygen atoms in total. The van der Waals surface area contributed by atoms with Crippen LogP contribution in [0.15, 0.2) is 15.0 Å². The van der Waals surface area contributed by atoms with Gasteiger partial charge in [0.05, 0.1) is 25.3 Å². The molecule has 0 aromatic rings. The molecule has 25 N–H and O–H groups in total. The molecule has 0 aliphatic heterocycles. The molecular formula is C33H59N17O13. The first-order valence-corrected chi connectivity index (χ1v) is 19.0. The maximum Gasteiger partial charge on any atom is 0.326 e. The SMILES string of the molecule is C[C@H](N)C(=O)N[C@@H](CC(=O)N[C@@H](CCCN=C(N)N)C(=O)O)C(=O)N[C@@H](CC(=O)N[C@@H](CCCN=C(N)N)C(=O)O)C(=O)N[C@@H](CC(=O)N[C@@H](CCCN=C(N)N)C(=O)O)C(N)=O. The number of hydrogen-bond acceptors (Lipinski definition) is 14. The van der Waals surface area contributed by atoms with Crippen molar-refractivity contribution in [3.63, 3.8) is 0 Å². The number of amides is 7. The Balaban J connectivity index is 6.61. The van der Waals surface area contributed by atoms with E-state index in [2.05, 4.69) is 46.9 Å². The minimum atomic E-state index is -2.08. The van der Waals surface area contributed by atoms with Gasteiger partial charge >= 0.3 is 17.9 Å². The summed E-state index contributed by atoms with van der Waals surface area (Å²) in [6.07, 6.45) is -3.35. The zero-order valence-corrected chi connectivity index (χ0v) is 34.4. The number of rotatable bonds is 31. The molecule has 30 heteroatoms. The molecule has 354 valence electrons. The monoisotopic (exact) mass is 901 g/mol. The van der Waals surface area contributed by atoms with Crippen LogP contribution < -0.4 is 77.8 Å². The smallest absolute Gasteiger partial charge is 0.326 e. The molecule has 0 rings (SSSR count). The number of primary amides is 1. The number of carboxylic acids is 3. The summed E-state index contributed by atoms with van der Waals surface area (Å²) in [5.41, 5.74) is 42.6. The number of carbonyl (C=O) groups excluding carboxylic acids is 7. The van der Waals surface area contributed by atoms with Gasteiger partial charge in [-0.05, 0) is 45.4 Å². The lowest BCUT2D eigenvalue weighted by Crippen LogP contribution is -2.59. The molecule has 0 bridgehead atoms. The predicted octanol–water partition coefficient (Wildman–Crippen LogP) is -8.69. The van der Waals surface area contributed by atoms with E-state index in [0.29, 0.717) is 0 Å². The molecule has 0 fully saturated rings. The van der Waals surface area contributed by atoms with Gasteiger partial charge in [-0.3, -0.25) is 48.5 Å². The van der Waals surface area contributed by atoms with Crippen molar-refractivity contribution in [2.45, 2.75) is 107 Å². The Kier molecular flexibility index (Phi) is 25.4. The average Bonchev–Trinajstić information content (AvgIpc) is 3.16. The highest BCUT2D eigenvalue weighted by atomic mass is 16.4. The van der Waals surface area contributed by atoms with Gasteiger partial charge in [-0.1, -0.05) is 0 Å². The number of carbonyl (C=O) groups is 10. The Labute approximate surface area is 359 Å². The van der Waals surface area contributed by atoms with Crippen LogP contribution in [0.2, 0.25) is 0 Å². The van der Waals surface area contributed by atoms with Crippen molar-refractivity contribution in [3.05, 3.63) is 0 Å². The molecule has 0 radical (unpaired) electrons. The van der Waals surface area contributed by atoms with Gasteiger partial charge in [0.2, 0.25) is 41.4 Å². The Morgan fingerprint density at radius 1 is 0.429 bits per heavy atom. The van der Waals surface area contributed by atoms with Crippen LogP contribution in [0.25, 0.3) is 0 Å². The molecule has 0 spiro atoms. The number of nitrogens with two attached hydrogens (primary N) is 8. The number of nitrogens with one attached hydrogen (secondary N) is 6. The number of hydrogen-bond donors (Lipinski definition) is 17. The second-order valence-corrected chi connectivity index (χ2v) is 13.7. The number of carboxylic acid groups (broad SMARTS) is 3. The van der Waals surface area contributed by atoms with Gasteiger partial charge in [-0.2, -0.15) is 0 Å². The summed E-state index contributed by atoms with van der Waals surface area (Å²) >= 11 is 0. The normalized spacial score (nSPS) is 13.9. The fourth-order valence-corrected chi connectivity index (χ4v) is 5.09. The topological polar surface area (TPSA) is 549 Å². The van der Waals surface area contributed by atoms with Crippen molar-refractivity contribution in [1.82, 2.24) is 31.9 Å². The minimum Gasteiger partial charge on any atom is -0.480 e. The first-order chi connectivity index (χ1) is 29.3. The van der Waals surface area contributed by atoms with Crippen molar-refractivity contribution in [2.24, 2.45) is 60.8 Å². The maximum absolute atomic E-state index is 13.7. The van der Waals surface area contributed by atoms with Crippen molar-refractivity contribution in [3.8, 4) is 0 Å². The highest BCUT2D eigenvalue weighted by Crippen LogP contribution is 2.07. The van der Waals surface area contributed by atoms with E-state index in [-0.39, 0.29) is 76.0 Å². The Hall–Kier alpha value is -7.53. The standard InChI is InChI=1S/C33H59N17O13/c1-14(34)25(55)49-19(12-22(52)46-16(29(60)61)6-3-9-43-32(38)39)27(57)50-20(13-23(53)47-17(30(62)63)7-4-10-44-33(40)41)26(56)48-18(24(35)54)11-21(51)45-15(28(58)59)5-2-8-42-31(36)37/h14-20H,2-13,34H2,1H3,(H2,35,54)(H,45,51)(H,46,52)(H,47,53)(H,48,56)(H,49,55)(H,50,57)(H,58,59)(H,60,61)(H,62,63)(H4,36,37,42)(H4,38,39,43)(H4,40,41,44)/t14-,15-,16-,17-,18-,19-,20-/m0/s1. The van der Waals surface area contributed by atoms with Gasteiger partial charge in [-0.15, -0.1) is 0 Å². The Morgan fingerprint density at radius 3 is 0.952 bits per heavy atom. The quantitative estimate of drug-likeness (QED) is 0.0174. The molecule has 7 atom stereocenters. The highest BCUT2D eigenvalue weighted by Gasteiger charge is 2.34. The Bertz CT molecular complexity index is 1730. The maximum atomic E-state index is 13.7. The summed E-state index contributed by atoms with van der Waals surface area (Å²) in [4.78, 5) is 138. The molecule has 0 aromatic heterocycles. The van der Waals surface area contributed by atoms with E-state index in [1.807, 2.05) is 0 Å². The van der Waals surface area contributed by atoms with E-state index in [1.165, 1.54) is 6.92 Å². The van der Waals surface area contributed by atoms with Gasteiger partial charge in [0.25, 0.3) is 0 Å². The Morgan fingerprint density at radius 2 is 0.698 bits per heavy atom. The third-order valence-electron chi connectivity index (χ3n) is 8.24. The van der Waals surface area contributed by atoms with E-state index in [0.717, 1.165) is 0 Å². The zero-order chi connectivity index (χ0) is 48.4. The molecule has 0 heterocycles. The van der Waals surface area contributed by atoms with Crippen LogP contribution in [0.3, 0.4) is 0 Å². The van der Waals surface area contributed by atoms with Gasteiger partial charge in [0.15, 0.2) is 17.9 Å². The van der Waals surface area contributed by atoms with Crippen LogP contribution in [0, 0.1) is 0 Å². The fourth-order valence-electron chi connectivity index (χ4n) is 5.09. The first-order valence-electron chi connectivity index (χ1n) is 19.0. The molecule has 0 aliphatic carbocycles. The predicted molar refractivity (Wildman–Crippen MR) is 221 cm³/mol. The first kappa shape index (κ1) is 55.5. The average molecular weight is 902 g/mol. The summed E-state index contributed by atoms with van der Waals surface area (Å²) in [6.45, 7) is 1.21. The van der Waals surface area contributed by atoms with Crippen LogP contribution in [0.4, 0.5) is 0 Å². The summed E-state index contributed by atoms with van der Waals surface area (Å²) < 4.78 is 0. The summed E-state index contributed by atoms with van der Waals surface area (Å²) in [5, 5.41) is 41.7. The van der Waals surface area contributed by atoms with Crippen molar-refractivity contribution in [2.75, 3.05) is 19.6 Å². The van der Waals surface area contributed by atoms with E-state index >= 15 is 0 Å². The van der Waals surface area contributed by atoms with Crippen LogP contribution in [0.5, 0.6) is 0 Å². The molecular weight excluding hydrogens is 842 g/mol. The second-order valence-electron chi connectivity index (χ2n) is 13.7. The van der Waals surface area contributed by atoms with E-state index in [4.69, 9.17) is 45.9 Å². The van der Waals surface area contributed by atoms with Crippen LogP contribution in [-0.2, 0) is 47.9 Å². The van der Waals surface area contributed by atoms with Crippen LogP contribution in [0.1, 0.15) is 64.7 Å². The van der Waals surface area contributed by atoms with E-state index < -0.39 is 121 Å². The van der Waals surface area contributed by atoms with Gasteiger partial charge in [-0.25, -0.2) is 14.4 Å². The molecule has 0 saturated heterocycles. The number of guanidine groups is 3. The van der Waals surface area contributed by atoms with E-state index in [9.17, 15) is 63.3 Å². The summed E-state index contributed by atoms with van der Waals surface area (Å²) in [7, 11) is 0. The molecule has 0 unspecified atom stereocenters. The van der Waals surface area contributed by atoms with E-state index in [1.54, 1.807) is 0 Å². The summed E-state index contributed by atoms with van der Waals surface area (Å²) in [5.74, 6) is -13.7. The van der Waals surface area contributed by atoms with Gasteiger partial charge in [0, 0.05) is 19.6 Å². The number of nitrogens with zero attached hydrogens (tertiary/aromatic N) is 3. The lowest BCUT2D eigenvalue weighted by Gasteiger charge is -2.25. The van der Waals surface area contributed by atoms with Crippen molar-refractivity contribution < 1.29 is 63.3 Å². The second kappa shape index (κ2) is 28.9. The minimum absolute atomic E-state index is 0.00557. The van der Waals surface area contributed by atoms with Crippen LogP contribution in [-0.4, -0.2) is 154 Å². The van der Waals surface area contributed by atoms with Crippen LogP contribution >= 0.6 is 0 Å². The lowest BCUT2D eigenvalue weighted by atomic mass is 10.1. The van der Waals surface area contributed by atoms with Crippen molar-refractivity contribution >= 4 is 77.1 Å². The number of aliphatic carboxylic acids is 3. The molecule has 0 saturated carbocycles. The highest BCUT2D eigenvalue weighted by molar-refractivity contribution is 5.99. The third-order valence-corrected chi connectivity index (χ3v) is 8.24. The third kappa shape index (κ3) is 25.0. The molecule has 63 heavy (non-hydrogen) atoms. The largest absolute Gasteiger partial charge is 0.480 e. The van der Waals surface area contributed by atoms with Gasteiger partial charge in [0.1, 0.15) is 36.3 Å². The lowest BCUT2D eigenvalue weighted by molar-refractivity contribution is -0.143. The molecule has 7 amide bonds. The van der Waals surface area contributed by atoms with Crippen molar-refractivity contribution in [1.29, 1.82) is 0 Å². The molecule has 0 aromatic carbocycles. The number of aliphatic imine (C=N–C) groups is 3. The van der Waals surface area contributed by atoms with Gasteiger partial charge < -0.3 is 93.1 Å². The fraction of sp³-hybridized carbons (Fsp3) is 0.606. The molecule has 0 aliphatic rings.